The molecule has 3 aromatic rings. The van der Waals surface area contributed by atoms with Crippen molar-refractivity contribution in [2.45, 2.75) is 73.6 Å². The van der Waals surface area contributed by atoms with E-state index in [1.165, 1.54) is 0 Å². The summed E-state index contributed by atoms with van der Waals surface area (Å²) in [7, 11) is 0. The van der Waals surface area contributed by atoms with Crippen molar-refractivity contribution in [1.82, 2.24) is 10.2 Å². The Balaban J connectivity index is 1.33. The van der Waals surface area contributed by atoms with Gasteiger partial charge in [-0.1, -0.05) is 102 Å². The van der Waals surface area contributed by atoms with E-state index >= 15 is 4.79 Å². The van der Waals surface area contributed by atoms with Crippen LogP contribution in [0.3, 0.4) is 0 Å². The Hall–Kier alpha value is -4.32. The quantitative estimate of drug-likeness (QED) is 0.0699. The fourth-order valence-corrected chi connectivity index (χ4v) is 9.23. The van der Waals surface area contributed by atoms with Gasteiger partial charge in [0, 0.05) is 36.6 Å². The number of nitrogens with one attached hydrogen (secondary N) is 1. The predicted molar refractivity (Wildman–Crippen MR) is 207 cm³/mol. The van der Waals surface area contributed by atoms with E-state index in [2.05, 4.69) is 34.4 Å². The van der Waals surface area contributed by atoms with Crippen LogP contribution >= 0.6 is 15.9 Å². The lowest BCUT2D eigenvalue weighted by Gasteiger charge is -2.37. The zero-order chi connectivity index (χ0) is 37.5. The lowest BCUT2D eigenvalue weighted by atomic mass is 9.70. The van der Waals surface area contributed by atoms with Gasteiger partial charge in [-0.25, -0.2) is 0 Å². The van der Waals surface area contributed by atoms with Crippen molar-refractivity contribution in [3.05, 3.63) is 104 Å². The van der Waals surface area contributed by atoms with Crippen molar-refractivity contribution < 1.29 is 33.8 Å². The van der Waals surface area contributed by atoms with Crippen molar-refractivity contribution in [3.63, 3.8) is 0 Å². The fraction of sp³-hybridized carbons (Fsp3) is 0.429. The summed E-state index contributed by atoms with van der Waals surface area (Å²) in [5.74, 6) is -3.17. The molecule has 0 radical (unpaired) electrons. The molecule has 3 aliphatic rings. The first-order chi connectivity index (χ1) is 25.7. The summed E-state index contributed by atoms with van der Waals surface area (Å²) in [6.07, 6.45) is 6.52. The average Bonchev–Trinajstić information content (AvgIpc) is 3.77. The maximum atomic E-state index is 15.1. The third kappa shape index (κ3) is 7.84. The molecule has 280 valence electrons. The molecule has 1 spiro atoms. The molecule has 0 saturated carbocycles. The standard InChI is InChI=1S/C42H48BrN3O7/c1-3-5-19-34(48)52-27-33(29-16-9-8-10-17-29)44-39(49)35-36-40(50)46(23-13-6-7-14-24-47)38(42(36)26-32(43)37(35)53-42)41(51)45(22-4-2)31-21-20-28-15-11-12-18-30(28)25-31/h3-4,8-12,15-18,20-21,25,32-33,35-38,47H,1-2,5-7,13-14,19,22-24,26-27H2,(H,44,49)/t32?,33-,35+,36-,37+,38+,42-/m0/s1. The number of carbonyl (C=O) groups is 4. The number of allylic oxidation sites excluding steroid dienone is 1. The van der Waals surface area contributed by atoms with Gasteiger partial charge in [-0.05, 0) is 54.2 Å². The molecule has 10 nitrogen and oxygen atoms in total. The van der Waals surface area contributed by atoms with Gasteiger partial charge >= 0.3 is 5.97 Å². The monoisotopic (exact) mass is 785 g/mol. The van der Waals surface area contributed by atoms with Crippen LogP contribution in [0.2, 0.25) is 0 Å². The van der Waals surface area contributed by atoms with E-state index in [9.17, 15) is 19.5 Å². The van der Waals surface area contributed by atoms with Gasteiger partial charge in [0.25, 0.3) is 5.91 Å². The number of halogens is 1. The van der Waals surface area contributed by atoms with Crippen molar-refractivity contribution in [2.24, 2.45) is 11.8 Å². The van der Waals surface area contributed by atoms with E-state index in [1.807, 2.05) is 72.8 Å². The number of alkyl halides is 1. The summed E-state index contributed by atoms with van der Waals surface area (Å²) in [4.78, 5) is 59.8. The van der Waals surface area contributed by atoms with Crippen LogP contribution in [0.4, 0.5) is 5.69 Å². The number of likely N-dealkylation sites (tertiary alicyclic amines) is 1. The summed E-state index contributed by atoms with van der Waals surface area (Å²) in [5, 5.41) is 14.4. The highest BCUT2D eigenvalue weighted by Crippen LogP contribution is 2.60. The Morgan fingerprint density at radius 2 is 1.75 bits per heavy atom. The molecule has 11 heteroatoms. The Kier molecular flexibility index (Phi) is 12.5. The summed E-state index contributed by atoms with van der Waals surface area (Å²) in [6.45, 7) is 8.12. The topological polar surface area (TPSA) is 125 Å². The Bertz CT molecular complexity index is 1820. The third-order valence-electron chi connectivity index (χ3n) is 10.7. The number of amides is 3. The first-order valence-electron chi connectivity index (χ1n) is 18.5. The molecule has 3 amide bonds. The molecule has 3 fully saturated rings. The Morgan fingerprint density at radius 3 is 2.49 bits per heavy atom. The summed E-state index contributed by atoms with van der Waals surface area (Å²) in [6, 6.07) is 21.4. The summed E-state index contributed by atoms with van der Waals surface area (Å²) in [5.41, 5.74) is 0.169. The number of ether oxygens (including phenoxy) is 2. The van der Waals surface area contributed by atoms with E-state index in [4.69, 9.17) is 9.47 Å². The molecule has 3 aromatic carbocycles. The number of hydrogen-bond donors (Lipinski definition) is 2. The summed E-state index contributed by atoms with van der Waals surface area (Å²) >= 11 is 3.78. The molecular formula is C42H48BrN3O7. The van der Waals surface area contributed by atoms with Crippen LogP contribution in [-0.4, -0.2) is 82.6 Å². The van der Waals surface area contributed by atoms with Gasteiger partial charge in [0.15, 0.2) is 0 Å². The second kappa shape index (κ2) is 17.2. The Labute approximate surface area is 319 Å². The van der Waals surface area contributed by atoms with Crippen molar-refractivity contribution >= 4 is 56.1 Å². The molecule has 53 heavy (non-hydrogen) atoms. The zero-order valence-corrected chi connectivity index (χ0v) is 31.5. The predicted octanol–water partition coefficient (Wildman–Crippen LogP) is 6.03. The van der Waals surface area contributed by atoms with Crippen LogP contribution in [0.5, 0.6) is 0 Å². The SMILES string of the molecule is C=CCCC(=O)OC[C@H](NC(=O)[C@H]1[C@@H]2O[C@@]3(CC2Br)[C@@H]1C(=O)N(CCCCCCO)[C@@H]3C(=O)N(CC=C)c1ccc2ccccc2c1)c1ccccc1. The van der Waals surface area contributed by atoms with E-state index in [1.54, 1.807) is 22.0 Å². The van der Waals surface area contributed by atoms with Crippen LogP contribution in [0.15, 0.2) is 98.1 Å². The minimum Gasteiger partial charge on any atom is -0.463 e. The first kappa shape index (κ1) is 38.4. The maximum Gasteiger partial charge on any atom is 0.306 e. The number of unbranched alkanes of at least 4 members (excludes halogenated alkanes) is 3. The highest BCUT2D eigenvalue weighted by Gasteiger charge is 2.76. The fourth-order valence-electron chi connectivity index (χ4n) is 8.28. The van der Waals surface area contributed by atoms with Crippen molar-refractivity contribution in [2.75, 3.05) is 31.2 Å². The van der Waals surface area contributed by atoms with Gasteiger partial charge in [-0.2, -0.15) is 0 Å². The van der Waals surface area contributed by atoms with Gasteiger partial charge in [0.2, 0.25) is 11.8 Å². The number of rotatable bonds is 18. The second-order valence-corrected chi connectivity index (χ2v) is 15.3. The molecule has 7 atom stereocenters. The van der Waals surface area contributed by atoms with Crippen molar-refractivity contribution in [1.29, 1.82) is 0 Å². The number of esters is 1. The molecule has 3 heterocycles. The molecule has 6 rings (SSSR count). The normalized spacial score (nSPS) is 24.8. The molecule has 0 aliphatic carbocycles. The number of nitrogens with zero attached hydrogens (tertiary/aromatic N) is 2. The molecule has 2 N–H and O–H groups in total. The van der Waals surface area contributed by atoms with Gasteiger partial charge in [0.05, 0.1) is 24.0 Å². The van der Waals surface area contributed by atoms with E-state index in [-0.39, 0.29) is 42.8 Å². The van der Waals surface area contributed by atoms with Gasteiger partial charge in [-0.3, -0.25) is 19.2 Å². The number of anilines is 1. The van der Waals surface area contributed by atoms with Crippen LogP contribution in [0.25, 0.3) is 10.8 Å². The number of fused-ring (bicyclic) bond motifs is 2. The lowest BCUT2D eigenvalue weighted by molar-refractivity contribution is -0.145. The minimum atomic E-state index is -1.25. The molecule has 3 saturated heterocycles. The van der Waals surface area contributed by atoms with Crippen LogP contribution in [-0.2, 0) is 28.7 Å². The number of carbonyl (C=O) groups excluding carboxylic acids is 4. The lowest BCUT2D eigenvalue weighted by Crippen LogP contribution is -2.57. The highest BCUT2D eigenvalue weighted by molar-refractivity contribution is 9.09. The number of benzene rings is 3. The molecule has 0 aromatic heterocycles. The van der Waals surface area contributed by atoms with Gasteiger partial charge in [-0.15, -0.1) is 13.2 Å². The van der Waals surface area contributed by atoms with Crippen LogP contribution < -0.4 is 10.2 Å². The van der Waals surface area contributed by atoms with Gasteiger partial charge in [0.1, 0.15) is 18.2 Å². The van der Waals surface area contributed by atoms with E-state index in [0.717, 1.165) is 29.2 Å². The largest absolute Gasteiger partial charge is 0.463 e. The molecule has 2 bridgehead atoms. The first-order valence-corrected chi connectivity index (χ1v) is 19.4. The van der Waals surface area contributed by atoms with E-state index in [0.29, 0.717) is 37.9 Å². The third-order valence-corrected chi connectivity index (χ3v) is 11.6. The van der Waals surface area contributed by atoms with Crippen LogP contribution in [0.1, 0.15) is 56.6 Å². The number of aliphatic hydroxyl groups excluding tert-OH is 1. The number of aliphatic hydroxyl groups is 1. The maximum absolute atomic E-state index is 15.1. The zero-order valence-electron chi connectivity index (χ0n) is 29.9. The number of hydrogen-bond acceptors (Lipinski definition) is 7. The average molecular weight is 787 g/mol. The van der Waals surface area contributed by atoms with Gasteiger partial charge < -0.3 is 29.7 Å². The van der Waals surface area contributed by atoms with Crippen molar-refractivity contribution in [3.8, 4) is 0 Å². The highest BCUT2D eigenvalue weighted by atomic mass is 79.9. The molecule has 1 unspecified atom stereocenters. The molecule has 3 aliphatic heterocycles. The minimum absolute atomic E-state index is 0.0885. The second-order valence-electron chi connectivity index (χ2n) is 14.1. The smallest absolute Gasteiger partial charge is 0.306 e. The van der Waals surface area contributed by atoms with Crippen LogP contribution in [0, 0.1) is 11.8 Å². The summed E-state index contributed by atoms with van der Waals surface area (Å²) < 4.78 is 12.4. The Morgan fingerprint density at radius 1 is 1.02 bits per heavy atom. The molecular weight excluding hydrogens is 738 g/mol. The van der Waals surface area contributed by atoms with E-state index < -0.39 is 47.5 Å².